The van der Waals surface area contributed by atoms with E-state index in [9.17, 15) is 4.79 Å². The number of benzene rings is 2. The summed E-state index contributed by atoms with van der Waals surface area (Å²) in [5.41, 5.74) is 1.62. The van der Waals surface area contributed by atoms with Gasteiger partial charge >= 0.3 is 0 Å². The van der Waals surface area contributed by atoms with Gasteiger partial charge in [0.2, 0.25) is 5.91 Å². The minimum atomic E-state index is -0.101. The normalized spacial score (nSPS) is 10.5. The molecule has 0 radical (unpaired) electrons. The maximum atomic E-state index is 12.0. The molecule has 0 fully saturated rings. The smallest absolute Gasteiger partial charge is 0.224 e. The standard InChI is InChI=1S/C19H17ClN2O3/c1-24-16-8-6-15(7-9-16)22-18(23)10-11-19-21-12-17(25-19)13-2-4-14(20)5-3-13/h2-9,12H,10-11H2,1H3,(H,22,23). The van der Waals surface area contributed by atoms with Crippen LogP contribution in [0.4, 0.5) is 5.69 Å². The summed E-state index contributed by atoms with van der Waals surface area (Å²) in [6.45, 7) is 0. The van der Waals surface area contributed by atoms with Gasteiger partial charge in [-0.15, -0.1) is 0 Å². The van der Waals surface area contributed by atoms with E-state index in [4.69, 9.17) is 20.8 Å². The van der Waals surface area contributed by atoms with Gasteiger partial charge in [-0.2, -0.15) is 0 Å². The highest BCUT2D eigenvalue weighted by Crippen LogP contribution is 2.23. The number of aromatic nitrogens is 1. The highest BCUT2D eigenvalue weighted by molar-refractivity contribution is 6.30. The van der Waals surface area contributed by atoms with Crippen LogP contribution in [0, 0.1) is 0 Å². The van der Waals surface area contributed by atoms with Crippen LogP contribution in [-0.2, 0) is 11.2 Å². The third-order valence-electron chi connectivity index (χ3n) is 3.62. The van der Waals surface area contributed by atoms with Crippen molar-refractivity contribution in [2.24, 2.45) is 0 Å². The van der Waals surface area contributed by atoms with E-state index in [1.165, 1.54) is 0 Å². The van der Waals surface area contributed by atoms with E-state index < -0.39 is 0 Å². The van der Waals surface area contributed by atoms with Crippen molar-refractivity contribution in [3.05, 3.63) is 65.6 Å². The largest absolute Gasteiger partial charge is 0.497 e. The molecule has 5 nitrogen and oxygen atoms in total. The molecule has 2 aromatic carbocycles. The number of carbonyl (C=O) groups excluding carboxylic acids is 1. The van der Waals surface area contributed by atoms with Crippen LogP contribution in [0.1, 0.15) is 12.3 Å². The molecule has 25 heavy (non-hydrogen) atoms. The summed E-state index contributed by atoms with van der Waals surface area (Å²) in [7, 11) is 1.60. The van der Waals surface area contributed by atoms with Gasteiger partial charge in [-0.3, -0.25) is 4.79 Å². The minimum Gasteiger partial charge on any atom is -0.497 e. The van der Waals surface area contributed by atoms with Gasteiger partial charge in [0.15, 0.2) is 11.7 Å². The molecule has 0 bridgehead atoms. The summed E-state index contributed by atoms with van der Waals surface area (Å²) in [6, 6.07) is 14.5. The first-order valence-electron chi connectivity index (χ1n) is 7.78. The molecule has 6 heteroatoms. The molecule has 1 heterocycles. The number of nitrogens with zero attached hydrogens (tertiary/aromatic N) is 1. The fourth-order valence-electron chi connectivity index (χ4n) is 2.29. The average Bonchev–Trinajstić information content (AvgIpc) is 3.10. The van der Waals surface area contributed by atoms with Crippen LogP contribution in [0.5, 0.6) is 5.75 Å². The minimum absolute atomic E-state index is 0.101. The van der Waals surface area contributed by atoms with E-state index in [1.807, 2.05) is 12.1 Å². The number of nitrogens with one attached hydrogen (secondary N) is 1. The number of carbonyl (C=O) groups is 1. The molecule has 128 valence electrons. The van der Waals surface area contributed by atoms with Crippen LogP contribution in [0.15, 0.2) is 59.1 Å². The van der Waals surface area contributed by atoms with Crippen molar-refractivity contribution >= 4 is 23.2 Å². The number of anilines is 1. The molecule has 1 N–H and O–H groups in total. The van der Waals surface area contributed by atoms with E-state index in [1.54, 1.807) is 49.7 Å². The van der Waals surface area contributed by atoms with E-state index >= 15 is 0 Å². The first-order chi connectivity index (χ1) is 12.1. The zero-order valence-corrected chi connectivity index (χ0v) is 14.4. The molecule has 0 spiro atoms. The Balaban J connectivity index is 1.54. The monoisotopic (exact) mass is 356 g/mol. The molecule has 0 saturated heterocycles. The van der Waals surface area contributed by atoms with Crippen LogP contribution in [0.3, 0.4) is 0 Å². The summed E-state index contributed by atoms with van der Waals surface area (Å²) < 4.78 is 10.8. The second-order valence-corrected chi connectivity index (χ2v) is 5.84. The number of halogens is 1. The molecule has 0 aliphatic rings. The summed E-state index contributed by atoms with van der Waals surface area (Å²) in [5.74, 6) is 1.82. The summed E-state index contributed by atoms with van der Waals surface area (Å²) >= 11 is 5.87. The number of rotatable bonds is 6. The van der Waals surface area contributed by atoms with Crippen molar-refractivity contribution in [2.45, 2.75) is 12.8 Å². The van der Waals surface area contributed by atoms with Crippen LogP contribution in [0.25, 0.3) is 11.3 Å². The Hall–Kier alpha value is -2.79. The number of hydrogen-bond acceptors (Lipinski definition) is 4. The maximum absolute atomic E-state index is 12.0. The molecule has 0 aliphatic heterocycles. The Bertz CT molecular complexity index is 842. The number of ether oxygens (including phenoxy) is 1. The van der Waals surface area contributed by atoms with Crippen LogP contribution in [0.2, 0.25) is 5.02 Å². The number of oxazole rings is 1. The van der Waals surface area contributed by atoms with Crippen LogP contribution < -0.4 is 10.1 Å². The predicted octanol–water partition coefficient (Wildman–Crippen LogP) is 4.57. The van der Waals surface area contributed by atoms with Crippen molar-refractivity contribution in [1.29, 1.82) is 0 Å². The van der Waals surface area contributed by atoms with Crippen LogP contribution in [-0.4, -0.2) is 18.0 Å². The predicted molar refractivity (Wildman–Crippen MR) is 96.9 cm³/mol. The van der Waals surface area contributed by atoms with Crippen molar-refractivity contribution in [2.75, 3.05) is 12.4 Å². The van der Waals surface area contributed by atoms with Crippen molar-refractivity contribution in [3.63, 3.8) is 0 Å². The number of methoxy groups -OCH3 is 1. The lowest BCUT2D eigenvalue weighted by molar-refractivity contribution is -0.116. The Labute approximate surface area is 150 Å². The number of hydrogen-bond donors (Lipinski definition) is 1. The second-order valence-electron chi connectivity index (χ2n) is 5.40. The van der Waals surface area contributed by atoms with E-state index in [2.05, 4.69) is 10.3 Å². The number of aryl methyl sites for hydroxylation is 1. The quantitative estimate of drug-likeness (QED) is 0.702. The maximum Gasteiger partial charge on any atom is 0.224 e. The molecule has 1 aromatic heterocycles. The lowest BCUT2D eigenvalue weighted by Crippen LogP contribution is -2.12. The second kappa shape index (κ2) is 7.85. The van der Waals surface area contributed by atoms with Gasteiger partial charge in [0.05, 0.1) is 13.3 Å². The molecule has 0 atom stereocenters. The van der Waals surface area contributed by atoms with Gasteiger partial charge in [-0.1, -0.05) is 11.6 Å². The lowest BCUT2D eigenvalue weighted by atomic mass is 10.2. The van der Waals surface area contributed by atoms with Crippen LogP contribution >= 0.6 is 11.6 Å². The first-order valence-corrected chi connectivity index (χ1v) is 8.16. The Kier molecular flexibility index (Phi) is 5.36. The van der Waals surface area contributed by atoms with Gasteiger partial charge in [0.25, 0.3) is 0 Å². The number of amides is 1. The molecular formula is C19H17ClN2O3. The van der Waals surface area contributed by atoms with Gasteiger partial charge < -0.3 is 14.5 Å². The molecule has 0 aliphatic carbocycles. The van der Waals surface area contributed by atoms with E-state index in [-0.39, 0.29) is 12.3 Å². The van der Waals surface area contributed by atoms with E-state index in [0.29, 0.717) is 23.1 Å². The van der Waals surface area contributed by atoms with Crippen molar-refractivity contribution < 1.29 is 13.9 Å². The third-order valence-corrected chi connectivity index (χ3v) is 3.87. The molecule has 0 saturated carbocycles. The molecular weight excluding hydrogens is 340 g/mol. The highest BCUT2D eigenvalue weighted by atomic mass is 35.5. The molecule has 1 amide bonds. The Morgan fingerprint density at radius 1 is 1.16 bits per heavy atom. The average molecular weight is 357 g/mol. The summed E-state index contributed by atoms with van der Waals surface area (Å²) in [4.78, 5) is 16.2. The summed E-state index contributed by atoms with van der Waals surface area (Å²) in [5, 5.41) is 3.50. The highest BCUT2D eigenvalue weighted by Gasteiger charge is 2.09. The van der Waals surface area contributed by atoms with Gasteiger partial charge in [-0.05, 0) is 48.5 Å². The van der Waals surface area contributed by atoms with Gasteiger partial charge in [0.1, 0.15) is 5.75 Å². The SMILES string of the molecule is COc1ccc(NC(=O)CCc2ncc(-c3ccc(Cl)cc3)o2)cc1. The molecule has 0 unspecified atom stereocenters. The molecule has 3 rings (SSSR count). The van der Waals surface area contributed by atoms with E-state index in [0.717, 1.165) is 17.0 Å². The fraction of sp³-hybridized carbons (Fsp3) is 0.158. The zero-order chi connectivity index (χ0) is 17.6. The third kappa shape index (κ3) is 4.61. The van der Waals surface area contributed by atoms with Crippen molar-refractivity contribution in [1.82, 2.24) is 4.98 Å². The molecule has 3 aromatic rings. The van der Waals surface area contributed by atoms with Crippen molar-refractivity contribution in [3.8, 4) is 17.1 Å². The fourth-order valence-corrected chi connectivity index (χ4v) is 2.42. The Morgan fingerprint density at radius 2 is 1.88 bits per heavy atom. The topological polar surface area (TPSA) is 64.4 Å². The van der Waals surface area contributed by atoms with Gasteiger partial charge in [0, 0.05) is 29.1 Å². The van der Waals surface area contributed by atoms with Gasteiger partial charge in [-0.25, -0.2) is 4.98 Å². The summed E-state index contributed by atoms with van der Waals surface area (Å²) in [6.07, 6.45) is 2.36. The Morgan fingerprint density at radius 3 is 2.56 bits per heavy atom. The lowest BCUT2D eigenvalue weighted by Gasteiger charge is -2.05. The first kappa shape index (κ1) is 17.0. The zero-order valence-electron chi connectivity index (χ0n) is 13.7.